The van der Waals surface area contributed by atoms with Gasteiger partial charge < -0.3 is 19.3 Å². The molecular weight excluding hydrogens is 462 g/mol. The zero-order chi connectivity index (χ0) is 25.2. The third kappa shape index (κ3) is 4.75. The molecule has 0 N–H and O–H groups in total. The van der Waals surface area contributed by atoms with E-state index in [0.717, 1.165) is 81.6 Å². The summed E-state index contributed by atoms with van der Waals surface area (Å²) in [5.74, 6) is 2.12. The van der Waals surface area contributed by atoms with Crippen LogP contribution in [0, 0.1) is 12.8 Å². The van der Waals surface area contributed by atoms with Crippen molar-refractivity contribution in [1.29, 1.82) is 0 Å². The van der Waals surface area contributed by atoms with Gasteiger partial charge in [-0.3, -0.25) is 4.79 Å². The van der Waals surface area contributed by atoms with Crippen molar-refractivity contribution >= 4 is 28.8 Å². The first-order chi connectivity index (χ1) is 18.2. The molecule has 4 aromatic rings. The highest BCUT2D eigenvalue weighted by molar-refractivity contribution is 5.80. The van der Waals surface area contributed by atoms with Crippen LogP contribution in [0.25, 0.3) is 11.0 Å². The van der Waals surface area contributed by atoms with E-state index in [9.17, 15) is 4.79 Å². The van der Waals surface area contributed by atoms with Crippen molar-refractivity contribution in [3.63, 3.8) is 0 Å². The molecule has 2 saturated heterocycles. The Kier molecular flexibility index (Phi) is 6.47. The van der Waals surface area contributed by atoms with Gasteiger partial charge in [0.15, 0.2) is 0 Å². The van der Waals surface area contributed by atoms with Crippen molar-refractivity contribution in [2.24, 2.45) is 5.92 Å². The summed E-state index contributed by atoms with van der Waals surface area (Å²) in [6.45, 7) is 7.63. The van der Waals surface area contributed by atoms with Crippen molar-refractivity contribution in [2.45, 2.75) is 26.3 Å². The summed E-state index contributed by atoms with van der Waals surface area (Å²) in [4.78, 5) is 33.7. The summed E-state index contributed by atoms with van der Waals surface area (Å²) in [6.07, 6.45) is 5.24. The second-order valence-corrected chi connectivity index (χ2v) is 10.0. The van der Waals surface area contributed by atoms with Gasteiger partial charge in [0.25, 0.3) is 0 Å². The average Bonchev–Trinajstić information content (AvgIpc) is 3.33. The largest absolute Gasteiger partial charge is 0.342 e. The van der Waals surface area contributed by atoms with Crippen LogP contribution in [0.3, 0.4) is 0 Å². The van der Waals surface area contributed by atoms with Crippen LogP contribution in [0.4, 0.5) is 11.9 Å². The molecule has 190 valence electrons. The molecule has 2 aliphatic rings. The molecule has 2 aromatic heterocycles. The predicted molar refractivity (Wildman–Crippen MR) is 146 cm³/mol. The Morgan fingerprint density at radius 1 is 0.838 bits per heavy atom. The van der Waals surface area contributed by atoms with Crippen LogP contribution in [0.5, 0.6) is 0 Å². The molecule has 2 aromatic carbocycles. The summed E-state index contributed by atoms with van der Waals surface area (Å²) in [6, 6.07) is 18.7. The summed E-state index contributed by atoms with van der Waals surface area (Å²) in [5.41, 5.74) is 4.76. The maximum Gasteiger partial charge on any atom is 0.225 e. The predicted octanol–water partition coefficient (Wildman–Crippen LogP) is 3.75. The van der Waals surface area contributed by atoms with E-state index in [4.69, 9.17) is 4.98 Å². The van der Waals surface area contributed by atoms with Crippen molar-refractivity contribution in [1.82, 2.24) is 24.4 Å². The van der Waals surface area contributed by atoms with E-state index in [-0.39, 0.29) is 5.92 Å². The monoisotopic (exact) mass is 495 g/mol. The van der Waals surface area contributed by atoms with E-state index in [1.165, 1.54) is 11.1 Å². The quantitative estimate of drug-likeness (QED) is 0.420. The van der Waals surface area contributed by atoms with Crippen LogP contribution in [0.15, 0.2) is 67.0 Å². The fourth-order valence-corrected chi connectivity index (χ4v) is 5.58. The summed E-state index contributed by atoms with van der Waals surface area (Å²) in [7, 11) is 0. The van der Waals surface area contributed by atoms with Gasteiger partial charge in [-0.25, -0.2) is 15.0 Å². The van der Waals surface area contributed by atoms with E-state index < -0.39 is 0 Å². The minimum atomic E-state index is 0.0740. The molecule has 0 aliphatic carbocycles. The number of hydrogen-bond donors (Lipinski definition) is 0. The Bertz CT molecular complexity index is 1370. The number of piperidine rings is 1. The fraction of sp³-hybridized carbons (Fsp3) is 0.379. The minimum absolute atomic E-state index is 0.0740. The van der Waals surface area contributed by atoms with Gasteiger partial charge in [-0.05, 0) is 49.1 Å². The fourth-order valence-electron chi connectivity index (χ4n) is 5.58. The number of rotatable bonds is 5. The van der Waals surface area contributed by atoms with Gasteiger partial charge in [-0.2, -0.15) is 0 Å². The van der Waals surface area contributed by atoms with Crippen LogP contribution >= 0.6 is 0 Å². The summed E-state index contributed by atoms with van der Waals surface area (Å²) >= 11 is 0. The molecule has 0 atom stereocenters. The van der Waals surface area contributed by atoms with Gasteiger partial charge >= 0.3 is 0 Å². The zero-order valence-corrected chi connectivity index (χ0v) is 21.3. The molecule has 0 unspecified atom stereocenters. The van der Waals surface area contributed by atoms with Crippen molar-refractivity contribution in [3.05, 3.63) is 78.1 Å². The van der Waals surface area contributed by atoms with E-state index in [1.54, 1.807) is 12.4 Å². The number of aromatic nitrogens is 4. The van der Waals surface area contributed by atoms with Crippen LogP contribution in [-0.4, -0.2) is 69.6 Å². The van der Waals surface area contributed by atoms with E-state index in [0.29, 0.717) is 5.91 Å². The molecule has 0 bridgehead atoms. The number of carbonyl (C=O) groups is 1. The van der Waals surface area contributed by atoms with Crippen LogP contribution in [-0.2, 0) is 11.3 Å². The van der Waals surface area contributed by atoms with E-state index >= 15 is 0 Å². The molecule has 4 heterocycles. The van der Waals surface area contributed by atoms with Crippen LogP contribution < -0.4 is 9.80 Å². The Hall–Kier alpha value is -3.94. The summed E-state index contributed by atoms with van der Waals surface area (Å²) < 4.78 is 2.34. The van der Waals surface area contributed by atoms with E-state index in [1.807, 2.05) is 17.0 Å². The SMILES string of the molecule is Cc1ccccc1Cn1c(N2CCC(C(=O)N3CCN(c4ncccn4)CC3)CC2)nc2ccccc21. The number of amides is 1. The standard InChI is InChI=1S/C29H33N7O/c1-22-7-2-3-8-24(22)21-36-26-10-5-4-9-25(26)32-29(36)35-15-11-23(12-16-35)27(37)33-17-19-34(20-18-33)28-30-13-6-14-31-28/h2-10,13-14,23H,11-12,15-21H2,1H3. The molecular formula is C29H33N7O. The summed E-state index contributed by atoms with van der Waals surface area (Å²) in [5, 5.41) is 0. The topological polar surface area (TPSA) is 70.4 Å². The number of imidazole rings is 1. The lowest BCUT2D eigenvalue weighted by molar-refractivity contribution is -0.136. The Labute approximate surface area is 217 Å². The first-order valence-corrected chi connectivity index (χ1v) is 13.2. The highest BCUT2D eigenvalue weighted by atomic mass is 16.2. The van der Waals surface area contributed by atoms with Crippen LogP contribution in [0.1, 0.15) is 24.0 Å². The lowest BCUT2D eigenvalue weighted by atomic mass is 9.95. The Balaban J connectivity index is 1.13. The van der Waals surface area contributed by atoms with Gasteiger partial charge in [0.1, 0.15) is 0 Å². The van der Waals surface area contributed by atoms with Crippen molar-refractivity contribution in [3.8, 4) is 0 Å². The number of fused-ring (bicyclic) bond motifs is 1. The van der Waals surface area contributed by atoms with E-state index in [2.05, 4.69) is 73.7 Å². The lowest BCUT2D eigenvalue weighted by Gasteiger charge is -2.38. The lowest BCUT2D eigenvalue weighted by Crippen LogP contribution is -2.52. The maximum atomic E-state index is 13.4. The highest BCUT2D eigenvalue weighted by Gasteiger charge is 2.32. The number of para-hydroxylation sites is 2. The van der Waals surface area contributed by atoms with Gasteiger partial charge in [0.05, 0.1) is 17.6 Å². The first-order valence-electron chi connectivity index (χ1n) is 13.2. The van der Waals surface area contributed by atoms with Crippen molar-refractivity contribution < 1.29 is 4.79 Å². The first kappa shape index (κ1) is 23.5. The van der Waals surface area contributed by atoms with Crippen LogP contribution in [0.2, 0.25) is 0 Å². The Morgan fingerprint density at radius 3 is 2.30 bits per heavy atom. The molecule has 8 heteroatoms. The molecule has 2 aliphatic heterocycles. The number of aryl methyl sites for hydroxylation is 1. The molecule has 0 saturated carbocycles. The minimum Gasteiger partial charge on any atom is -0.342 e. The molecule has 1 amide bonds. The zero-order valence-electron chi connectivity index (χ0n) is 21.3. The molecule has 0 spiro atoms. The number of benzene rings is 2. The third-order valence-electron chi connectivity index (χ3n) is 7.78. The Morgan fingerprint density at radius 2 is 1.54 bits per heavy atom. The highest BCUT2D eigenvalue weighted by Crippen LogP contribution is 2.29. The average molecular weight is 496 g/mol. The molecule has 0 radical (unpaired) electrons. The maximum absolute atomic E-state index is 13.4. The van der Waals surface area contributed by atoms with Gasteiger partial charge in [0.2, 0.25) is 17.8 Å². The smallest absolute Gasteiger partial charge is 0.225 e. The molecule has 37 heavy (non-hydrogen) atoms. The second kappa shape index (κ2) is 10.2. The van der Waals surface area contributed by atoms with Crippen molar-refractivity contribution in [2.75, 3.05) is 49.1 Å². The third-order valence-corrected chi connectivity index (χ3v) is 7.78. The molecule has 2 fully saturated rings. The second-order valence-electron chi connectivity index (χ2n) is 10.0. The number of nitrogens with zero attached hydrogens (tertiary/aromatic N) is 7. The van der Waals surface area contributed by atoms with Gasteiger partial charge in [-0.15, -0.1) is 0 Å². The van der Waals surface area contributed by atoms with Gasteiger partial charge in [0, 0.05) is 57.6 Å². The number of carbonyl (C=O) groups excluding carboxylic acids is 1. The van der Waals surface area contributed by atoms with Gasteiger partial charge in [-0.1, -0.05) is 36.4 Å². The number of hydrogen-bond acceptors (Lipinski definition) is 6. The number of piperazine rings is 1. The normalized spacial score (nSPS) is 16.9. The number of anilines is 2. The molecule has 6 rings (SSSR count). The molecule has 8 nitrogen and oxygen atoms in total.